The Morgan fingerprint density at radius 1 is 1.00 bits per heavy atom. The lowest BCUT2D eigenvalue weighted by Crippen LogP contribution is -2.57. The van der Waals surface area contributed by atoms with Gasteiger partial charge in [-0.1, -0.05) is 6.92 Å². The van der Waals surface area contributed by atoms with Crippen LogP contribution in [-0.2, 0) is 28.2 Å². The van der Waals surface area contributed by atoms with E-state index in [1.807, 2.05) is 11.8 Å². The Hall–Kier alpha value is -4.18. The number of carbonyl (C=O) groups is 1. The summed E-state index contributed by atoms with van der Waals surface area (Å²) >= 11 is 0. The fourth-order valence-corrected chi connectivity index (χ4v) is 6.16. The van der Waals surface area contributed by atoms with Crippen LogP contribution in [0.2, 0.25) is 0 Å². The first-order valence-electron chi connectivity index (χ1n) is 15.5. The van der Waals surface area contributed by atoms with Crippen molar-refractivity contribution in [3.8, 4) is 0 Å². The van der Waals surface area contributed by atoms with Gasteiger partial charge in [-0.15, -0.1) is 0 Å². The molecule has 0 aliphatic carbocycles. The van der Waals surface area contributed by atoms with Gasteiger partial charge in [0.05, 0.1) is 71.9 Å². The molecule has 5 rings (SSSR count). The Balaban J connectivity index is 1.69. The summed E-state index contributed by atoms with van der Waals surface area (Å²) in [6, 6.07) is 3.62. The van der Waals surface area contributed by atoms with Crippen molar-refractivity contribution in [1.82, 2.24) is 15.0 Å². The minimum atomic E-state index is -5.01. The quantitative estimate of drug-likeness (QED) is 0.318. The Labute approximate surface area is 273 Å². The normalized spacial score (nSPS) is 20.0. The molecule has 48 heavy (non-hydrogen) atoms. The van der Waals surface area contributed by atoms with Gasteiger partial charge >= 0.3 is 18.4 Å². The topological polar surface area (TPSA) is 110 Å². The maximum absolute atomic E-state index is 13.8. The highest BCUT2D eigenvalue weighted by Gasteiger charge is 2.45. The largest absolute Gasteiger partial charge is 0.449 e. The number of benzene rings is 1. The van der Waals surface area contributed by atoms with E-state index >= 15 is 0 Å². The number of nitrogens with zero attached hydrogens (tertiary/aromatic N) is 6. The summed E-state index contributed by atoms with van der Waals surface area (Å²) in [6.07, 6.45) is -9.03. The van der Waals surface area contributed by atoms with Crippen LogP contribution in [0.1, 0.15) is 60.1 Å². The molecule has 1 aromatic carbocycles. The summed E-state index contributed by atoms with van der Waals surface area (Å²) in [5.41, 5.74) is 5.33. The van der Waals surface area contributed by atoms with Crippen LogP contribution in [0.4, 0.5) is 48.3 Å². The maximum Gasteiger partial charge on any atom is 0.416 e. The minimum absolute atomic E-state index is 0.101. The van der Waals surface area contributed by atoms with E-state index in [0.29, 0.717) is 67.7 Å². The lowest BCUT2D eigenvalue weighted by Gasteiger charge is -2.43. The summed E-state index contributed by atoms with van der Waals surface area (Å²) < 4.78 is 93.3. The molecule has 0 radical (unpaired) electrons. The zero-order valence-corrected chi connectivity index (χ0v) is 26.9. The van der Waals surface area contributed by atoms with Crippen molar-refractivity contribution < 1.29 is 40.6 Å². The second-order valence-electron chi connectivity index (χ2n) is 11.8. The van der Waals surface area contributed by atoms with Crippen LogP contribution in [0.15, 0.2) is 36.5 Å². The monoisotopic (exact) mass is 681 g/mol. The van der Waals surface area contributed by atoms with E-state index < -0.39 is 47.6 Å². The molecule has 3 atom stereocenters. The molecule has 0 bridgehead atoms. The first-order valence-corrected chi connectivity index (χ1v) is 15.5. The van der Waals surface area contributed by atoms with Crippen molar-refractivity contribution in [2.45, 2.75) is 57.0 Å². The van der Waals surface area contributed by atoms with Gasteiger partial charge in [-0.2, -0.15) is 26.3 Å². The van der Waals surface area contributed by atoms with Crippen LogP contribution in [0, 0.1) is 0 Å². The van der Waals surface area contributed by atoms with Crippen LogP contribution in [-0.4, -0.2) is 80.1 Å². The molecule has 1 saturated heterocycles. The first kappa shape index (κ1) is 35.1. The summed E-state index contributed by atoms with van der Waals surface area (Å²) in [5, 5.41) is 0. The molecule has 2 N–H and O–H groups in total. The molecule has 2 aliphatic heterocycles. The number of hydrogen-bond acceptors (Lipinski definition) is 9. The first-order chi connectivity index (χ1) is 22.6. The van der Waals surface area contributed by atoms with Crippen LogP contribution in [0.25, 0.3) is 0 Å². The maximum atomic E-state index is 13.8. The minimum Gasteiger partial charge on any atom is -0.449 e. The number of aromatic nitrogens is 3. The summed E-state index contributed by atoms with van der Waals surface area (Å²) in [7, 11) is 3.58. The van der Waals surface area contributed by atoms with Gasteiger partial charge in [0.2, 0.25) is 0 Å². The van der Waals surface area contributed by atoms with E-state index in [2.05, 4.69) is 4.98 Å². The van der Waals surface area contributed by atoms with Crippen LogP contribution in [0.3, 0.4) is 0 Å². The lowest BCUT2D eigenvalue weighted by molar-refractivity contribution is -0.143. The number of nitrogens with two attached hydrogens (primary N) is 1. The molecule has 0 spiro atoms. The molecule has 3 aromatic rings. The number of ether oxygens (including phenoxy) is 2. The molecule has 4 heterocycles. The van der Waals surface area contributed by atoms with Crippen LogP contribution in [0.5, 0.6) is 0 Å². The van der Waals surface area contributed by atoms with E-state index in [1.54, 1.807) is 38.1 Å². The Morgan fingerprint density at radius 2 is 1.65 bits per heavy atom. The van der Waals surface area contributed by atoms with E-state index in [4.69, 9.17) is 25.2 Å². The lowest BCUT2D eigenvalue weighted by atomic mass is 9.82. The number of morpholine rings is 1. The summed E-state index contributed by atoms with van der Waals surface area (Å²) in [5.74, 6) is -0.0667. The molecule has 1 fully saturated rings. The standard InChI is InChI=1S/C32H37F6N7O3/c1-5-22-27(39)26(28-23(45(22)30(46)48-6-2)7-8-25(42-28)43(3)4)29-40-17-24(44-9-11-47-12-10-44)21(41-29)15-18-13-19(31(33,34)35)16-20(14-18)32(36,37)38/h7-8,13-14,16-17,22,26-27H,5-6,9-12,15,39H2,1-4H3. The second kappa shape index (κ2) is 13.7. The SMILES string of the molecule is CCOC(=O)N1c2ccc(N(C)C)nc2C(c2ncc(N3CCOCC3)c(Cc3cc(C(F)(F)F)cc(C(F)(F)F)c3)n2)C(N)C1CC. The smallest absolute Gasteiger partial charge is 0.416 e. The van der Waals surface area contributed by atoms with Gasteiger partial charge in [0.25, 0.3) is 0 Å². The molecule has 3 unspecified atom stereocenters. The summed E-state index contributed by atoms with van der Waals surface area (Å²) in [4.78, 5) is 32.7. The number of pyridine rings is 1. The zero-order valence-electron chi connectivity index (χ0n) is 26.9. The molecule has 1 amide bonds. The third kappa shape index (κ3) is 7.14. The molecule has 260 valence electrons. The Morgan fingerprint density at radius 3 is 2.21 bits per heavy atom. The van der Waals surface area contributed by atoms with Crippen molar-refractivity contribution in [2.75, 3.05) is 61.7 Å². The zero-order chi connectivity index (χ0) is 35.0. The third-order valence-electron chi connectivity index (χ3n) is 8.46. The molecular weight excluding hydrogens is 644 g/mol. The number of hydrogen-bond donors (Lipinski definition) is 1. The molecule has 2 aromatic heterocycles. The molecule has 0 saturated carbocycles. The second-order valence-corrected chi connectivity index (χ2v) is 11.8. The van der Waals surface area contributed by atoms with Gasteiger partial charge in [0.15, 0.2) is 0 Å². The predicted molar refractivity (Wildman–Crippen MR) is 166 cm³/mol. The van der Waals surface area contributed by atoms with Gasteiger partial charge in [-0.05, 0) is 49.2 Å². The van der Waals surface area contributed by atoms with Gasteiger partial charge in [0, 0.05) is 39.6 Å². The van der Waals surface area contributed by atoms with Crippen molar-refractivity contribution in [3.05, 3.63) is 70.4 Å². The number of alkyl halides is 6. The number of anilines is 3. The number of amides is 1. The number of halogens is 6. The number of fused-ring (bicyclic) bond motifs is 1. The summed E-state index contributed by atoms with van der Waals surface area (Å²) in [6.45, 7) is 5.24. The van der Waals surface area contributed by atoms with E-state index in [0.717, 1.165) is 0 Å². The molecule has 2 aliphatic rings. The number of rotatable bonds is 7. The van der Waals surface area contributed by atoms with Crippen LogP contribution < -0.4 is 20.4 Å². The van der Waals surface area contributed by atoms with E-state index in [-0.39, 0.29) is 36.2 Å². The van der Waals surface area contributed by atoms with Gasteiger partial charge < -0.3 is 25.0 Å². The van der Waals surface area contributed by atoms with Crippen molar-refractivity contribution in [3.63, 3.8) is 0 Å². The van der Waals surface area contributed by atoms with Gasteiger partial charge in [0.1, 0.15) is 11.6 Å². The average Bonchev–Trinajstić information content (AvgIpc) is 3.03. The highest BCUT2D eigenvalue weighted by atomic mass is 19.4. The fourth-order valence-electron chi connectivity index (χ4n) is 6.16. The fraction of sp³-hybridized carbons (Fsp3) is 0.500. The van der Waals surface area contributed by atoms with Crippen LogP contribution >= 0.6 is 0 Å². The average molecular weight is 682 g/mol. The Bertz CT molecular complexity index is 1600. The molecular formula is C32H37F6N7O3. The molecule has 16 heteroatoms. The highest BCUT2D eigenvalue weighted by molar-refractivity contribution is 5.90. The van der Waals surface area contributed by atoms with Crippen molar-refractivity contribution in [2.24, 2.45) is 5.73 Å². The molecule has 10 nitrogen and oxygen atoms in total. The van der Waals surface area contributed by atoms with Crippen molar-refractivity contribution in [1.29, 1.82) is 0 Å². The van der Waals surface area contributed by atoms with Gasteiger partial charge in [-0.3, -0.25) is 4.90 Å². The van der Waals surface area contributed by atoms with E-state index in [1.165, 1.54) is 11.1 Å². The van der Waals surface area contributed by atoms with E-state index in [9.17, 15) is 31.1 Å². The number of carbonyl (C=O) groups excluding carboxylic acids is 1. The predicted octanol–water partition coefficient (Wildman–Crippen LogP) is 5.62. The van der Waals surface area contributed by atoms with Gasteiger partial charge in [-0.25, -0.2) is 19.7 Å². The van der Waals surface area contributed by atoms with Crippen molar-refractivity contribution >= 4 is 23.3 Å². The third-order valence-corrected chi connectivity index (χ3v) is 8.46. The highest BCUT2D eigenvalue weighted by Crippen LogP contribution is 2.43. The Kier molecular flexibility index (Phi) is 10.1.